The minimum atomic E-state index is -0.869. The molecule has 1 aromatic heterocycles. The molecule has 5 heteroatoms. The van der Waals surface area contributed by atoms with Crippen molar-refractivity contribution in [2.45, 2.75) is 6.04 Å². The minimum Gasteiger partial charge on any atom is -0.468 e. The van der Waals surface area contributed by atoms with Crippen LogP contribution in [0.3, 0.4) is 0 Å². The van der Waals surface area contributed by atoms with E-state index in [-0.39, 0.29) is 5.15 Å². The Morgan fingerprint density at radius 1 is 1.77 bits per heavy atom. The van der Waals surface area contributed by atoms with Crippen molar-refractivity contribution in [2.24, 2.45) is 5.73 Å². The Labute approximate surface area is 80.7 Å². The van der Waals surface area contributed by atoms with Gasteiger partial charge in [0.25, 0.3) is 0 Å². The van der Waals surface area contributed by atoms with E-state index in [0.29, 0.717) is 5.56 Å². The summed E-state index contributed by atoms with van der Waals surface area (Å²) in [6.07, 6.45) is 1.52. The fraction of sp³-hybridized carbons (Fsp3) is 0.250. The first-order valence-electron chi connectivity index (χ1n) is 3.60. The molecular formula is C8H9ClN2O2. The molecule has 0 saturated heterocycles. The van der Waals surface area contributed by atoms with Crippen LogP contribution in [0, 0.1) is 0 Å². The predicted octanol–water partition coefficient (Wildman–Crippen LogP) is 0.908. The Morgan fingerprint density at radius 2 is 2.46 bits per heavy atom. The lowest BCUT2D eigenvalue weighted by Crippen LogP contribution is -2.23. The first-order valence-corrected chi connectivity index (χ1v) is 3.98. The fourth-order valence-corrected chi connectivity index (χ4v) is 1.12. The van der Waals surface area contributed by atoms with E-state index in [9.17, 15) is 4.79 Å². The van der Waals surface area contributed by atoms with Crippen LogP contribution in [-0.2, 0) is 9.53 Å². The van der Waals surface area contributed by atoms with Gasteiger partial charge in [-0.1, -0.05) is 17.7 Å². The monoisotopic (exact) mass is 200 g/mol. The zero-order chi connectivity index (χ0) is 9.84. The molecule has 0 aromatic carbocycles. The summed E-state index contributed by atoms with van der Waals surface area (Å²) < 4.78 is 4.47. The average molecular weight is 201 g/mol. The van der Waals surface area contributed by atoms with Gasteiger partial charge in [-0.3, -0.25) is 4.79 Å². The molecule has 13 heavy (non-hydrogen) atoms. The number of hydrogen-bond acceptors (Lipinski definition) is 4. The topological polar surface area (TPSA) is 65.2 Å². The maximum atomic E-state index is 11.0. The second-order valence-electron chi connectivity index (χ2n) is 2.38. The van der Waals surface area contributed by atoms with Gasteiger partial charge in [0.2, 0.25) is 0 Å². The highest BCUT2D eigenvalue weighted by atomic mass is 35.5. The maximum Gasteiger partial charge on any atom is 0.327 e. The Kier molecular flexibility index (Phi) is 3.22. The second kappa shape index (κ2) is 4.20. The lowest BCUT2D eigenvalue weighted by atomic mass is 10.1. The first-order chi connectivity index (χ1) is 6.16. The summed E-state index contributed by atoms with van der Waals surface area (Å²) in [7, 11) is 1.27. The Balaban J connectivity index is 2.95. The van der Waals surface area contributed by atoms with E-state index in [4.69, 9.17) is 17.3 Å². The molecule has 0 radical (unpaired) electrons. The number of rotatable bonds is 2. The van der Waals surface area contributed by atoms with E-state index >= 15 is 0 Å². The largest absolute Gasteiger partial charge is 0.468 e. The molecule has 0 spiro atoms. The second-order valence-corrected chi connectivity index (χ2v) is 2.74. The molecule has 1 rings (SSSR count). The number of aromatic nitrogens is 1. The molecule has 0 aliphatic rings. The van der Waals surface area contributed by atoms with Crippen LogP contribution < -0.4 is 5.73 Å². The third-order valence-electron chi connectivity index (χ3n) is 1.58. The van der Waals surface area contributed by atoms with Crippen LogP contribution in [0.1, 0.15) is 11.6 Å². The number of carbonyl (C=O) groups excluding carboxylic acids is 1. The molecule has 0 fully saturated rings. The summed E-state index contributed by atoms with van der Waals surface area (Å²) in [6, 6.07) is 2.42. The van der Waals surface area contributed by atoms with Crippen LogP contribution in [-0.4, -0.2) is 18.1 Å². The van der Waals surface area contributed by atoms with Gasteiger partial charge in [0.15, 0.2) is 0 Å². The van der Waals surface area contributed by atoms with Gasteiger partial charge < -0.3 is 10.5 Å². The Hall–Kier alpha value is -1.13. The van der Waals surface area contributed by atoms with Crippen molar-refractivity contribution >= 4 is 17.6 Å². The molecule has 1 heterocycles. The Bertz CT molecular complexity index is 317. The van der Waals surface area contributed by atoms with E-state index in [2.05, 4.69) is 9.72 Å². The smallest absolute Gasteiger partial charge is 0.327 e. The van der Waals surface area contributed by atoms with E-state index in [1.165, 1.54) is 13.3 Å². The van der Waals surface area contributed by atoms with E-state index in [0.717, 1.165) is 0 Å². The molecule has 4 nitrogen and oxygen atoms in total. The van der Waals surface area contributed by atoms with E-state index < -0.39 is 12.0 Å². The van der Waals surface area contributed by atoms with Gasteiger partial charge >= 0.3 is 5.97 Å². The number of methoxy groups -OCH3 is 1. The number of hydrogen-bond donors (Lipinski definition) is 1. The number of pyridine rings is 1. The van der Waals surface area contributed by atoms with Crippen LogP contribution >= 0.6 is 11.6 Å². The molecule has 1 atom stereocenters. The van der Waals surface area contributed by atoms with Gasteiger partial charge in [-0.05, 0) is 6.07 Å². The molecular weight excluding hydrogens is 192 g/mol. The number of nitrogens with zero attached hydrogens (tertiary/aromatic N) is 1. The van der Waals surface area contributed by atoms with Gasteiger partial charge in [-0.25, -0.2) is 4.98 Å². The zero-order valence-electron chi connectivity index (χ0n) is 7.03. The van der Waals surface area contributed by atoms with Crippen LogP contribution in [0.25, 0.3) is 0 Å². The number of ether oxygens (including phenoxy) is 1. The van der Waals surface area contributed by atoms with Crippen molar-refractivity contribution in [3.05, 3.63) is 29.0 Å². The van der Waals surface area contributed by atoms with Crippen molar-refractivity contribution in [3.8, 4) is 0 Å². The Morgan fingerprint density at radius 3 is 3.00 bits per heavy atom. The van der Waals surface area contributed by atoms with Crippen molar-refractivity contribution < 1.29 is 9.53 Å². The molecule has 70 valence electrons. The fourth-order valence-electron chi connectivity index (χ4n) is 0.884. The molecule has 0 aliphatic heterocycles. The third-order valence-corrected chi connectivity index (χ3v) is 1.89. The normalized spacial score (nSPS) is 12.2. The summed E-state index contributed by atoms with van der Waals surface area (Å²) in [4.78, 5) is 14.8. The molecule has 1 aromatic rings. The number of halogens is 1. The van der Waals surface area contributed by atoms with Gasteiger partial charge in [0.1, 0.15) is 11.2 Å². The van der Waals surface area contributed by atoms with Gasteiger partial charge in [-0.15, -0.1) is 0 Å². The summed E-state index contributed by atoms with van der Waals surface area (Å²) in [5.74, 6) is -0.532. The number of nitrogens with two attached hydrogens (primary N) is 1. The van der Waals surface area contributed by atoms with Gasteiger partial charge in [0.05, 0.1) is 7.11 Å². The quantitative estimate of drug-likeness (QED) is 0.569. The lowest BCUT2D eigenvalue weighted by Gasteiger charge is -2.09. The van der Waals surface area contributed by atoms with Gasteiger partial charge in [-0.2, -0.15) is 0 Å². The number of carbonyl (C=O) groups is 1. The average Bonchev–Trinajstić information content (AvgIpc) is 2.16. The van der Waals surface area contributed by atoms with Crippen molar-refractivity contribution in [1.29, 1.82) is 0 Å². The summed E-state index contributed by atoms with van der Waals surface area (Å²) in [5.41, 5.74) is 6.02. The standard InChI is InChI=1S/C8H9ClN2O2/c1-13-8(12)6(10)5-3-2-4-11-7(5)9/h2-4,6H,10H2,1H3/t6-/m0/s1. The van der Waals surface area contributed by atoms with Crippen molar-refractivity contribution in [2.75, 3.05) is 7.11 Å². The zero-order valence-corrected chi connectivity index (χ0v) is 7.78. The van der Waals surface area contributed by atoms with Crippen LogP contribution in [0.15, 0.2) is 18.3 Å². The molecule has 0 saturated carbocycles. The molecule has 2 N–H and O–H groups in total. The predicted molar refractivity (Wildman–Crippen MR) is 48.2 cm³/mol. The summed E-state index contributed by atoms with van der Waals surface area (Å²) in [6.45, 7) is 0. The minimum absolute atomic E-state index is 0.223. The molecule has 0 amide bonds. The van der Waals surface area contributed by atoms with Crippen molar-refractivity contribution in [1.82, 2.24) is 4.98 Å². The van der Waals surface area contributed by atoms with Crippen LogP contribution in [0.4, 0.5) is 0 Å². The third kappa shape index (κ3) is 2.17. The lowest BCUT2D eigenvalue weighted by molar-refractivity contribution is -0.142. The number of esters is 1. The first kappa shape index (κ1) is 9.95. The van der Waals surface area contributed by atoms with Crippen LogP contribution in [0.5, 0.6) is 0 Å². The van der Waals surface area contributed by atoms with Crippen molar-refractivity contribution in [3.63, 3.8) is 0 Å². The molecule has 0 bridgehead atoms. The van der Waals surface area contributed by atoms with E-state index in [1.807, 2.05) is 0 Å². The highest BCUT2D eigenvalue weighted by molar-refractivity contribution is 6.30. The SMILES string of the molecule is COC(=O)[C@@H](N)c1cccnc1Cl. The summed E-state index contributed by atoms with van der Waals surface area (Å²) in [5, 5.41) is 0.223. The summed E-state index contributed by atoms with van der Waals surface area (Å²) >= 11 is 5.72. The van der Waals surface area contributed by atoms with Gasteiger partial charge in [0, 0.05) is 11.8 Å². The highest BCUT2D eigenvalue weighted by Crippen LogP contribution is 2.18. The molecule has 0 aliphatic carbocycles. The maximum absolute atomic E-state index is 11.0. The van der Waals surface area contributed by atoms with E-state index in [1.54, 1.807) is 12.1 Å². The highest BCUT2D eigenvalue weighted by Gasteiger charge is 2.18. The van der Waals surface area contributed by atoms with Crippen LogP contribution in [0.2, 0.25) is 5.15 Å². The molecule has 0 unspecified atom stereocenters.